The monoisotopic (exact) mass is 380 g/mol. The normalized spacial score (nSPS) is 11.6. The minimum Gasteiger partial charge on any atom is -0.335 e. The van der Waals surface area contributed by atoms with Crippen LogP contribution in [0.5, 0.6) is 0 Å². The van der Waals surface area contributed by atoms with Gasteiger partial charge in [-0.05, 0) is 30.7 Å². The molecule has 0 saturated heterocycles. The van der Waals surface area contributed by atoms with E-state index in [0.717, 1.165) is 9.87 Å². The molecule has 5 nitrogen and oxygen atoms in total. The summed E-state index contributed by atoms with van der Waals surface area (Å²) in [5.74, 6) is -0.238. The van der Waals surface area contributed by atoms with E-state index in [0.29, 0.717) is 18.7 Å². The van der Waals surface area contributed by atoms with E-state index in [1.165, 1.54) is 26.2 Å². The molecule has 0 N–H and O–H groups in total. The lowest BCUT2D eigenvalue weighted by Crippen LogP contribution is -2.30. The Bertz CT molecular complexity index is 852. The Labute approximate surface area is 153 Å². The predicted molar refractivity (Wildman–Crippen MR) is 99.2 cm³/mol. The van der Waals surface area contributed by atoms with Crippen molar-refractivity contribution in [3.05, 3.63) is 64.7 Å². The van der Waals surface area contributed by atoms with Crippen molar-refractivity contribution in [1.29, 1.82) is 0 Å². The fourth-order valence-corrected chi connectivity index (χ4v) is 3.74. The van der Waals surface area contributed by atoms with Gasteiger partial charge in [-0.3, -0.25) is 4.79 Å². The van der Waals surface area contributed by atoms with Crippen LogP contribution in [0.4, 0.5) is 0 Å². The molecule has 134 valence electrons. The zero-order valence-electron chi connectivity index (χ0n) is 14.4. The number of amides is 1. The lowest BCUT2D eigenvalue weighted by molar-refractivity contribution is 0.0752. The predicted octanol–water partition coefficient (Wildman–Crippen LogP) is 3.25. The molecule has 25 heavy (non-hydrogen) atoms. The van der Waals surface area contributed by atoms with Gasteiger partial charge >= 0.3 is 0 Å². The van der Waals surface area contributed by atoms with Gasteiger partial charge in [-0.15, -0.1) is 0 Å². The topological polar surface area (TPSA) is 57.7 Å². The fraction of sp³-hybridized carbons (Fsp3) is 0.278. The molecule has 0 heterocycles. The zero-order chi connectivity index (χ0) is 18.6. The summed E-state index contributed by atoms with van der Waals surface area (Å²) in [6.07, 6.45) is 0. The SMILES string of the molecule is CCN(Cc1ccccc1)C(=O)c1ccc(Cl)c(S(=O)(=O)N(C)C)c1. The number of sulfonamides is 1. The standard InChI is InChI=1S/C18H21ClN2O3S/c1-4-21(13-14-8-6-5-7-9-14)18(22)15-10-11-16(19)17(12-15)25(23,24)20(2)3/h5-12H,4,13H2,1-3H3. The molecule has 0 aromatic heterocycles. The van der Waals surface area contributed by atoms with Gasteiger partial charge in [-0.2, -0.15) is 0 Å². The van der Waals surface area contributed by atoms with Crippen LogP contribution in [-0.2, 0) is 16.6 Å². The average molecular weight is 381 g/mol. The van der Waals surface area contributed by atoms with Crippen molar-refractivity contribution in [2.24, 2.45) is 0 Å². The van der Waals surface area contributed by atoms with Crippen LogP contribution in [-0.4, -0.2) is 44.2 Å². The highest BCUT2D eigenvalue weighted by Gasteiger charge is 2.23. The second-order valence-corrected chi connectivity index (χ2v) is 8.27. The third-order valence-electron chi connectivity index (χ3n) is 3.82. The largest absolute Gasteiger partial charge is 0.335 e. The number of carbonyl (C=O) groups is 1. The van der Waals surface area contributed by atoms with E-state index in [1.807, 2.05) is 37.3 Å². The van der Waals surface area contributed by atoms with Gasteiger partial charge in [0.1, 0.15) is 4.90 Å². The van der Waals surface area contributed by atoms with Crippen molar-refractivity contribution in [1.82, 2.24) is 9.21 Å². The maximum atomic E-state index is 12.8. The van der Waals surface area contributed by atoms with Crippen molar-refractivity contribution in [3.63, 3.8) is 0 Å². The molecule has 0 atom stereocenters. The summed E-state index contributed by atoms with van der Waals surface area (Å²) in [4.78, 5) is 14.4. The number of hydrogen-bond acceptors (Lipinski definition) is 3. The Morgan fingerprint density at radius 2 is 1.72 bits per heavy atom. The molecular formula is C18H21ClN2O3S. The second-order valence-electron chi connectivity index (χ2n) is 5.74. The first-order chi connectivity index (χ1) is 11.8. The Balaban J connectivity index is 2.35. The molecule has 2 aromatic rings. The summed E-state index contributed by atoms with van der Waals surface area (Å²) in [6, 6.07) is 14.0. The van der Waals surface area contributed by atoms with Gasteiger partial charge in [0.05, 0.1) is 5.02 Å². The summed E-state index contributed by atoms with van der Waals surface area (Å²) in [7, 11) is -0.875. The first kappa shape index (κ1) is 19.4. The Kier molecular flexibility index (Phi) is 6.21. The van der Waals surface area contributed by atoms with Crippen LogP contribution in [0.25, 0.3) is 0 Å². The highest BCUT2D eigenvalue weighted by atomic mass is 35.5. The summed E-state index contributed by atoms with van der Waals surface area (Å²) in [6.45, 7) is 2.84. The zero-order valence-corrected chi connectivity index (χ0v) is 16.0. The quantitative estimate of drug-likeness (QED) is 0.772. The summed E-state index contributed by atoms with van der Waals surface area (Å²) < 4.78 is 25.8. The molecule has 0 spiro atoms. The summed E-state index contributed by atoms with van der Waals surface area (Å²) >= 11 is 6.04. The molecule has 2 rings (SSSR count). The van der Waals surface area contributed by atoms with Gasteiger partial charge in [0.15, 0.2) is 0 Å². The van der Waals surface area contributed by atoms with Gasteiger partial charge in [-0.1, -0.05) is 41.9 Å². The molecule has 0 fully saturated rings. The number of rotatable bonds is 6. The van der Waals surface area contributed by atoms with E-state index in [4.69, 9.17) is 11.6 Å². The molecule has 0 aliphatic heterocycles. The van der Waals surface area contributed by atoms with Crippen molar-refractivity contribution in [2.45, 2.75) is 18.4 Å². The van der Waals surface area contributed by atoms with E-state index in [9.17, 15) is 13.2 Å². The Hall–Kier alpha value is -1.89. The van der Waals surface area contributed by atoms with Crippen LogP contribution < -0.4 is 0 Å². The van der Waals surface area contributed by atoms with Crippen LogP contribution in [0, 0.1) is 0 Å². The number of hydrogen-bond donors (Lipinski definition) is 0. The Morgan fingerprint density at radius 1 is 1.08 bits per heavy atom. The molecule has 0 unspecified atom stereocenters. The fourth-order valence-electron chi connectivity index (χ4n) is 2.34. The molecule has 0 aliphatic carbocycles. The van der Waals surface area contributed by atoms with Crippen LogP contribution in [0.1, 0.15) is 22.8 Å². The van der Waals surface area contributed by atoms with Crippen LogP contribution in [0.2, 0.25) is 5.02 Å². The van der Waals surface area contributed by atoms with Gasteiger partial charge in [0, 0.05) is 32.7 Å². The van der Waals surface area contributed by atoms with Gasteiger partial charge < -0.3 is 4.90 Å². The van der Waals surface area contributed by atoms with Crippen molar-refractivity contribution in [2.75, 3.05) is 20.6 Å². The number of nitrogens with zero attached hydrogens (tertiary/aromatic N) is 2. The maximum absolute atomic E-state index is 12.8. The van der Waals surface area contributed by atoms with E-state index < -0.39 is 10.0 Å². The highest BCUT2D eigenvalue weighted by molar-refractivity contribution is 7.89. The minimum atomic E-state index is -3.72. The highest BCUT2D eigenvalue weighted by Crippen LogP contribution is 2.25. The number of benzene rings is 2. The number of carbonyl (C=O) groups excluding carboxylic acids is 1. The minimum absolute atomic E-state index is 0.0687. The lowest BCUT2D eigenvalue weighted by Gasteiger charge is -2.22. The van der Waals surface area contributed by atoms with Crippen LogP contribution in [0.15, 0.2) is 53.4 Å². The van der Waals surface area contributed by atoms with Gasteiger partial charge in [0.2, 0.25) is 10.0 Å². The molecule has 0 aliphatic rings. The van der Waals surface area contributed by atoms with E-state index in [-0.39, 0.29) is 15.8 Å². The molecule has 0 saturated carbocycles. The summed E-state index contributed by atoms with van der Waals surface area (Å²) in [5, 5.41) is 0.0938. The molecule has 2 aromatic carbocycles. The lowest BCUT2D eigenvalue weighted by atomic mass is 10.1. The van der Waals surface area contributed by atoms with Gasteiger partial charge in [0.25, 0.3) is 5.91 Å². The maximum Gasteiger partial charge on any atom is 0.254 e. The second kappa shape index (κ2) is 7.99. The summed E-state index contributed by atoms with van der Waals surface area (Å²) in [5.41, 5.74) is 1.30. The first-order valence-corrected chi connectivity index (χ1v) is 9.64. The van der Waals surface area contributed by atoms with Crippen molar-refractivity contribution in [3.8, 4) is 0 Å². The van der Waals surface area contributed by atoms with E-state index in [2.05, 4.69) is 0 Å². The third-order valence-corrected chi connectivity index (χ3v) is 6.12. The molecule has 7 heteroatoms. The molecular weight excluding hydrogens is 360 g/mol. The van der Waals surface area contributed by atoms with Crippen LogP contribution >= 0.6 is 11.6 Å². The van der Waals surface area contributed by atoms with Gasteiger partial charge in [-0.25, -0.2) is 12.7 Å². The van der Waals surface area contributed by atoms with E-state index in [1.54, 1.807) is 11.0 Å². The average Bonchev–Trinajstić information content (AvgIpc) is 2.60. The van der Waals surface area contributed by atoms with Crippen molar-refractivity contribution < 1.29 is 13.2 Å². The first-order valence-electron chi connectivity index (χ1n) is 7.82. The third kappa shape index (κ3) is 4.39. The molecule has 1 amide bonds. The van der Waals surface area contributed by atoms with E-state index >= 15 is 0 Å². The van der Waals surface area contributed by atoms with Crippen LogP contribution in [0.3, 0.4) is 0 Å². The smallest absolute Gasteiger partial charge is 0.254 e. The Morgan fingerprint density at radius 3 is 2.28 bits per heavy atom. The number of halogens is 1. The molecule has 0 bridgehead atoms. The molecule has 0 radical (unpaired) electrons. The van der Waals surface area contributed by atoms with Crippen molar-refractivity contribution >= 4 is 27.5 Å².